The Hall–Kier alpha value is -3.35. The molecule has 0 atom stereocenters. The number of carbonyl (C=O) groups excluding carboxylic acids is 3. The van der Waals surface area contributed by atoms with Gasteiger partial charge in [-0.2, -0.15) is 0 Å². The fraction of sp³-hybridized carbons (Fsp3) is 0.318. The summed E-state index contributed by atoms with van der Waals surface area (Å²) in [6.07, 6.45) is 0. The monoisotopic (exact) mass is 398 g/mol. The largest absolute Gasteiger partial charge is 0.494 e. The minimum atomic E-state index is -0.698. The SMILES string of the molecule is CCOc1ccc(C(=O)NCC(=O)OCC(=O)Nc2ccccc2C(C)C)cc1. The van der Waals surface area contributed by atoms with Crippen molar-refractivity contribution in [3.63, 3.8) is 0 Å². The number of hydrogen-bond acceptors (Lipinski definition) is 5. The molecule has 0 radical (unpaired) electrons. The van der Waals surface area contributed by atoms with Crippen molar-refractivity contribution in [2.45, 2.75) is 26.7 Å². The van der Waals surface area contributed by atoms with Gasteiger partial charge in [-0.05, 0) is 48.7 Å². The van der Waals surface area contributed by atoms with E-state index in [2.05, 4.69) is 10.6 Å². The number of rotatable bonds is 9. The zero-order valence-corrected chi connectivity index (χ0v) is 16.9. The van der Waals surface area contributed by atoms with Crippen molar-refractivity contribution in [3.05, 3.63) is 59.7 Å². The van der Waals surface area contributed by atoms with Crippen LogP contribution in [0, 0.1) is 0 Å². The van der Waals surface area contributed by atoms with Gasteiger partial charge in [-0.25, -0.2) is 0 Å². The zero-order chi connectivity index (χ0) is 21.2. The predicted octanol–water partition coefficient (Wildman–Crippen LogP) is 3.12. The molecule has 2 aromatic rings. The zero-order valence-electron chi connectivity index (χ0n) is 16.9. The number of para-hydroxylation sites is 1. The van der Waals surface area contributed by atoms with Gasteiger partial charge in [-0.15, -0.1) is 0 Å². The van der Waals surface area contributed by atoms with Gasteiger partial charge in [0.25, 0.3) is 11.8 Å². The molecule has 2 amide bonds. The van der Waals surface area contributed by atoms with Crippen molar-refractivity contribution in [2.75, 3.05) is 25.1 Å². The first-order chi connectivity index (χ1) is 13.9. The van der Waals surface area contributed by atoms with Gasteiger partial charge < -0.3 is 20.1 Å². The maximum absolute atomic E-state index is 12.1. The van der Waals surface area contributed by atoms with Crippen LogP contribution in [0.3, 0.4) is 0 Å². The van der Waals surface area contributed by atoms with Crippen LogP contribution in [-0.2, 0) is 14.3 Å². The van der Waals surface area contributed by atoms with E-state index >= 15 is 0 Å². The van der Waals surface area contributed by atoms with Crippen molar-refractivity contribution >= 4 is 23.5 Å². The van der Waals surface area contributed by atoms with E-state index in [4.69, 9.17) is 9.47 Å². The molecule has 0 fully saturated rings. The molecule has 7 nitrogen and oxygen atoms in total. The van der Waals surface area contributed by atoms with E-state index in [9.17, 15) is 14.4 Å². The first kappa shape index (κ1) is 21.9. The maximum Gasteiger partial charge on any atom is 0.325 e. The Labute approximate surface area is 170 Å². The number of ether oxygens (including phenoxy) is 2. The van der Waals surface area contributed by atoms with Crippen LogP contribution in [0.5, 0.6) is 5.75 Å². The normalized spacial score (nSPS) is 10.3. The Kier molecular flexibility index (Phi) is 8.21. The van der Waals surface area contributed by atoms with E-state index in [0.717, 1.165) is 5.56 Å². The third-order valence-corrected chi connectivity index (χ3v) is 4.04. The van der Waals surface area contributed by atoms with Crippen LogP contribution >= 0.6 is 0 Å². The molecule has 0 aliphatic carbocycles. The van der Waals surface area contributed by atoms with Gasteiger partial charge in [0.05, 0.1) is 6.61 Å². The van der Waals surface area contributed by atoms with Crippen LogP contribution in [0.4, 0.5) is 5.69 Å². The highest BCUT2D eigenvalue weighted by Crippen LogP contribution is 2.23. The highest BCUT2D eigenvalue weighted by molar-refractivity contribution is 5.96. The van der Waals surface area contributed by atoms with Gasteiger partial charge >= 0.3 is 5.97 Å². The smallest absolute Gasteiger partial charge is 0.325 e. The van der Waals surface area contributed by atoms with E-state index < -0.39 is 24.4 Å². The number of nitrogens with one attached hydrogen (secondary N) is 2. The average Bonchev–Trinajstić information content (AvgIpc) is 2.71. The summed E-state index contributed by atoms with van der Waals surface area (Å²) < 4.78 is 10.2. The molecule has 2 aromatic carbocycles. The van der Waals surface area contributed by atoms with Gasteiger partial charge in [0.2, 0.25) is 0 Å². The molecule has 154 valence electrons. The van der Waals surface area contributed by atoms with E-state index in [1.54, 1.807) is 30.3 Å². The number of anilines is 1. The summed E-state index contributed by atoms with van der Waals surface area (Å²) in [4.78, 5) is 35.9. The van der Waals surface area contributed by atoms with E-state index in [1.807, 2.05) is 39.0 Å². The number of esters is 1. The third kappa shape index (κ3) is 6.95. The van der Waals surface area contributed by atoms with E-state index in [1.165, 1.54) is 0 Å². The standard InChI is InChI=1S/C22H26N2O5/c1-4-28-17-11-9-16(10-12-17)22(27)23-13-21(26)29-14-20(25)24-19-8-6-5-7-18(19)15(2)3/h5-12,15H,4,13-14H2,1-3H3,(H,23,27)(H,24,25). The lowest BCUT2D eigenvalue weighted by molar-refractivity contribution is -0.146. The second-order valence-corrected chi connectivity index (χ2v) is 6.59. The second kappa shape index (κ2) is 10.8. The fourth-order valence-corrected chi connectivity index (χ4v) is 2.62. The minimum Gasteiger partial charge on any atom is -0.494 e. The van der Waals surface area contributed by atoms with Crippen LogP contribution in [0.15, 0.2) is 48.5 Å². The van der Waals surface area contributed by atoms with Crippen molar-refractivity contribution < 1.29 is 23.9 Å². The van der Waals surface area contributed by atoms with Crippen LogP contribution in [0.1, 0.15) is 42.6 Å². The molecular weight excluding hydrogens is 372 g/mol. The number of hydrogen-bond donors (Lipinski definition) is 2. The van der Waals surface area contributed by atoms with Crippen LogP contribution in [-0.4, -0.2) is 37.5 Å². The molecule has 0 saturated heterocycles. The quantitative estimate of drug-likeness (QED) is 0.633. The van der Waals surface area contributed by atoms with E-state index in [0.29, 0.717) is 23.6 Å². The van der Waals surface area contributed by atoms with Gasteiger partial charge in [-0.1, -0.05) is 32.0 Å². The molecule has 0 heterocycles. The molecule has 0 saturated carbocycles. The first-order valence-corrected chi connectivity index (χ1v) is 9.46. The Morgan fingerprint density at radius 2 is 1.69 bits per heavy atom. The van der Waals surface area contributed by atoms with Gasteiger partial charge in [-0.3, -0.25) is 14.4 Å². The second-order valence-electron chi connectivity index (χ2n) is 6.59. The fourth-order valence-electron chi connectivity index (χ4n) is 2.62. The van der Waals surface area contributed by atoms with Crippen molar-refractivity contribution in [1.29, 1.82) is 0 Å². The lowest BCUT2D eigenvalue weighted by Crippen LogP contribution is -2.32. The summed E-state index contributed by atoms with van der Waals surface area (Å²) in [5.41, 5.74) is 2.08. The number of carbonyl (C=O) groups is 3. The maximum atomic E-state index is 12.1. The summed E-state index contributed by atoms with van der Waals surface area (Å²) in [7, 11) is 0. The van der Waals surface area contributed by atoms with Gasteiger partial charge in [0, 0.05) is 11.3 Å². The van der Waals surface area contributed by atoms with Gasteiger partial charge in [0.1, 0.15) is 12.3 Å². The molecule has 0 aromatic heterocycles. The molecule has 7 heteroatoms. The highest BCUT2D eigenvalue weighted by atomic mass is 16.5. The molecule has 29 heavy (non-hydrogen) atoms. The topological polar surface area (TPSA) is 93.7 Å². The summed E-state index contributed by atoms with van der Waals surface area (Å²) in [5, 5.41) is 5.20. The number of amides is 2. The Morgan fingerprint density at radius 1 is 1.00 bits per heavy atom. The molecule has 0 spiro atoms. The van der Waals surface area contributed by atoms with Crippen molar-refractivity contribution in [2.24, 2.45) is 0 Å². The molecule has 0 aliphatic rings. The molecule has 0 unspecified atom stereocenters. The summed E-state index contributed by atoms with van der Waals surface area (Å²) in [6, 6.07) is 14.0. The molecule has 2 N–H and O–H groups in total. The van der Waals surface area contributed by atoms with Crippen LogP contribution in [0.2, 0.25) is 0 Å². The molecule has 2 rings (SSSR count). The summed E-state index contributed by atoms with van der Waals surface area (Å²) >= 11 is 0. The first-order valence-electron chi connectivity index (χ1n) is 9.46. The summed E-state index contributed by atoms with van der Waals surface area (Å²) in [6.45, 7) is 5.70. The van der Waals surface area contributed by atoms with Crippen molar-refractivity contribution in [3.8, 4) is 5.75 Å². The Bertz CT molecular complexity index is 847. The summed E-state index contributed by atoms with van der Waals surface area (Å²) in [5.74, 6) is -0.651. The van der Waals surface area contributed by atoms with Crippen molar-refractivity contribution in [1.82, 2.24) is 5.32 Å². The molecular formula is C22H26N2O5. The van der Waals surface area contributed by atoms with Gasteiger partial charge in [0.15, 0.2) is 6.61 Å². The lowest BCUT2D eigenvalue weighted by atomic mass is 10.0. The van der Waals surface area contributed by atoms with Crippen LogP contribution in [0.25, 0.3) is 0 Å². The Balaban J connectivity index is 1.76. The number of benzene rings is 2. The van der Waals surface area contributed by atoms with Crippen LogP contribution < -0.4 is 15.4 Å². The lowest BCUT2D eigenvalue weighted by Gasteiger charge is -2.13. The minimum absolute atomic E-state index is 0.242. The molecule has 0 aliphatic heterocycles. The van der Waals surface area contributed by atoms with E-state index in [-0.39, 0.29) is 12.5 Å². The molecule has 0 bridgehead atoms. The average molecular weight is 398 g/mol. The third-order valence-electron chi connectivity index (χ3n) is 4.04. The highest BCUT2D eigenvalue weighted by Gasteiger charge is 2.13. The Morgan fingerprint density at radius 3 is 2.34 bits per heavy atom. The predicted molar refractivity (Wildman–Crippen MR) is 110 cm³/mol.